The number of carbonyl (C=O) groups is 2. The van der Waals surface area contributed by atoms with Gasteiger partial charge in [0.05, 0.1) is 17.8 Å². The van der Waals surface area contributed by atoms with Crippen molar-refractivity contribution in [2.75, 3.05) is 12.4 Å². The van der Waals surface area contributed by atoms with Crippen molar-refractivity contribution in [1.29, 1.82) is 0 Å². The number of hydrogen-bond acceptors (Lipinski definition) is 4. The van der Waals surface area contributed by atoms with Gasteiger partial charge in [-0.1, -0.05) is 36.8 Å². The first-order valence-electron chi connectivity index (χ1n) is 11.0. The van der Waals surface area contributed by atoms with Crippen molar-refractivity contribution in [1.82, 2.24) is 9.88 Å². The molecule has 2 aromatic carbocycles. The first-order chi connectivity index (χ1) is 15.9. The van der Waals surface area contributed by atoms with E-state index in [0.29, 0.717) is 36.2 Å². The second kappa shape index (κ2) is 9.28. The third kappa shape index (κ3) is 4.37. The standard InChI is InChI=1S/C27H27N3O3/c1-4-17(2)25(27(32)33)22-14-20(11-12-23(22)28-3)18-7-9-19(10-8-18)26(31)30-15-21-6-5-13-29-24(21)16-30/h5-14,28H,4,15-16H2,1-3H3,(H,32,33)/b25-17-. The lowest BCUT2D eigenvalue weighted by Gasteiger charge is -2.16. The number of nitrogens with zero attached hydrogens (tertiary/aromatic N) is 2. The lowest BCUT2D eigenvalue weighted by Crippen LogP contribution is -2.25. The minimum atomic E-state index is -0.940. The number of carbonyl (C=O) groups excluding carboxylic acids is 1. The number of hydrogen-bond donors (Lipinski definition) is 2. The first kappa shape index (κ1) is 22.3. The van der Waals surface area contributed by atoms with Crippen molar-refractivity contribution in [3.63, 3.8) is 0 Å². The Balaban J connectivity index is 1.62. The smallest absolute Gasteiger partial charge is 0.336 e. The number of benzene rings is 2. The summed E-state index contributed by atoms with van der Waals surface area (Å²) in [6, 6.07) is 17.1. The van der Waals surface area contributed by atoms with Crippen LogP contribution in [0.4, 0.5) is 5.69 Å². The number of aromatic nitrogens is 1. The molecule has 4 rings (SSSR count). The predicted molar refractivity (Wildman–Crippen MR) is 130 cm³/mol. The van der Waals surface area contributed by atoms with E-state index >= 15 is 0 Å². The van der Waals surface area contributed by atoms with Gasteiger partial charge in [0.1, 0.15) is 0 Å². The first-order valence-corrected chi connectivity index (χ1v) is 11.0. The Bertz CT molecular complexity index is 1220. The summed E-state index contributed by atoms with van der Waals surface area (Å²) < 4.78 is 0. The molecule has 1 aliphatic rings. The fourth-order valence-corrected chi connectivity index (χ4v) is 4.18. The Morgan fingerprint density at radius 1 is 1.06 bits per heavy atom. The number of carboxylic acids is 1. The van der Waals surface area contributed by atoms with Gasteiger partial charge in [-0.2, -0.15) is 0 Å². The topological polar surface area (TPSA) is 82.5 Å². The number of fused-ring (bicyclic) bond motifs is 1. The number of aliphatic carboxylic acids is 1. The highest BCUT2D eigenvalue weighted by atomic mass is 16.4. The van der Waals surface area contributed by atoms with Gasteiger partial charge in [0.15, 0.2) is 0 Å². The number of rotatable bonds is 6. The number of allylic oxidation sites excluding steroid dienone is 1. The molecule has 0 fully saturated rings. The van der Waals surface area contributed by atoms with Crippen LogP contribution in [0.25, 0.3) is 16.7 Å². The second-order valence-corrected chi connectivity index (χ2v) is 8.17. The van der Waals surface area contributed by atoms with Gasteiger partial charge in [-0.3, -0.25) is 9.78 Å². The highest BCUT2D eigenvalue weighted by Crippen LogP contribution is 2.33. The van der Waals surface area contributed by atoms with Gasteiger partial charge in [-0.05, 0) is 60.4 Å². The Kier molecular flexibility index (Phi) is 6.27. The van der Waals surface area contributed by atoms with Crippen molar-refractivity contribution in [2.24, 2.45) is 0 Å². The second-order valence-electron chi connectivity index (χ2n) is 8.17. The molecule has 0 unspecified atom stereocenters. The molecule has 0 bridgehead atoms. The van der Waals surface area contributed by atoms with Gasteiger partial charge < -0.3 is 15.3 Å². The van der Waals surface area contributed by atoms with E-state index in [0.717, 1.165) is 33.6 Å². The molecule has 0 saturated carbocycles. The molecule has 1 amide bonds. The normalized spacial score (nSPS) is 13.4. The zero-order valence-electron chi connectivity index (χ0n) is 19.1. The van der Waals surface area contributed by atoms with E-state index in [-0.39, 0.29) is 5.91 Å². The average molecular weight is 442 g/mol. The van der Waals surface area contributed by atoms with Gasteiger partial charge in [0.2, 0.25) is 0 Å². The number of anilines is 1. The summed E-state index contributed by atoms with van der Waals surface area (Å²) in [6.07, 6.45) is 2.41. The summed E-state index contributed by atoms with van der Waals surface area (Å²) >= 11 is 0. The van der Waals surface area contributed by atoms with Crippen molar-refractivity contribution < 1.29 is 14.7 Å². The summed E-state index contributed by atoms with van der Waals surface area (Å²) in [5.41, 5.74) is 7.02. The Hall–Kier alpha value is -3.93. The van der Waals surface area contributed by atoms with Crippen LogP contribution < -0.4 is 5.32 Å². The molecule has 2 heterocycles. The van der Waals surface area contributed by atoms with Crippen LogP contribution in [0.1, 0.15) is 47.4 Å². The zero-order chi connectivity index (χ0) is 23.5. The van der Waals surface area contributed by atoms with E-state index in [2.05, 4.69) is 10.3 Å². The maximum atomic E-state index is 13.0. The number of amides is 1. The van der Waals surface area contributed by atoms with Gasteiger partial charge in [-0.25, -0.2) is 4.79 Å². The van der Waals surface area contributed by atoms with E-state index in [4.69, 9.17) is 0 Å². The van der Waals surface area contributed by atoms with Crippen LogP contribution in [-0.4, -0.2) is 33.9 Å². The molecule has 6 heteroatoms. The zero-order valence-corrected chi connectivity index (χ0v) is 19.1. The summed E-state index contributed by atoms with van der Waals surface area (Å²) in [5.74, 6) is -0.967. The maximum Gasteiger partial charge on any atom is 0.336 e. The van der Waals surface area contributed by atoms with Crippen LogP contribution in [0.5, 0.6) is 0 Å². The quantitative estimate of drug-likeness (QED) is 0.513. The molecule has 1 aliphatic heterocycles. The largest absolute Gasteiger partial charge is 0.478 e. The summed E-state index contributed by atoms with van der Waals surface area (Å²) in [4.78, 5) is 31.2. The molecule has 0 spiro atoms. The summed E-state index contributed by atoms with van der Waals surface area (Å²) in [6.45, 7) is 4.89. The van der Waals surface area contributed by atoms with Crippen LogP contribution in [0.3, 0.4) is 0 Å². The van der Waals surface area contributed by atoms with Crippen molar-refractivity contribution in [3.05, 3.63) is 88.8 Å². The molecule has 1 aromatic heterocycles. The molecule has 168 valence electrons. The maximum absolute atomic E-state index is 13.0. The summed E-state index contributed by atoms with van der Waals surface area (Å²) in [5, 5.41) is 12.9. The van der Waals surface area contributed by atoms with Gasteiger partial charge in [0.25, 0.3) is 5.91 Å². The van der Waals surface area contributed by atoms with E-state index in [1.54, 1.807) is 18.1 Å². The molecular weight excluding hydrogens is 414 g/mol. The SMILES string of the molecule is CC/C(C)=C(\C(=O)O)c1cc(-c2ccc(C(=O)N3Cc4cccnc4C3)cc2)ccc1NC. The molecule has 0 radical (unpaired) electrons. The fourth-order valence-electron chi connectivity index (χ4n) is 4.18. The van der Waals surface area contributed by atoms with Crippen LogP contribution in [0.2, 0.25) is 0 Å². The Morgan fingerprint density at radius 2 is 1.79 bits per heavy atom. The van der Waals surface area contributed by atoms with Crippen molar-refractivity contribution in [3.8, 4) is 11.1 Å². The predicted octanol–water partition coefficient (Wildman–Crippen LogP) is 5.21. The van der Waals surface area contributed by atoms with E-state index in [9.17, 15) is 14.7 Å². The molecular formula is C27H27N3O3. The lowest BCUT2D eigenvalue weighted by atomic mass is 9.93. The third-order valence-corrected chi connectivity index (χ3v) is 6.17. The average Bonchev–Trinajstić information content (AvgIpc) is 3.28. The number of pyridine rings is 1. The molecule has 0 atom stereocenters. The van der Waals surface area contributed by atoms with Crippen molar-refractivity contribution in [2.45, 2.75) is 33.4 Å². The monoisotopic (exact) mass is 441 g/mol. The van der Waals surface area contributed by atoms with Crippen LogP contribution in [0.15, 0.2) is 66.4 Å². The van der Waals surface area contributed by atoms with E-state index in [1.807, 2.05) is 68.4 Å². The minimum absolute atomic E-state index is 0.0274. The number of nitrogens with one attached hydrogen (secondary N) is 1. The lowest BCUT2D eigenvalue weighted by molar-refractivity contribution is -0.130. The van der Waals surface area contributed by atoms with Gasteiger partial charge >= 0.3 is 5.97 Å². The van der Waals surface area contributed by atoms with E-state index in [1.165, 1.54) is 0 Å². The van der Waals surface area contributed by atoms with Crippen molar-refractivity contribution >= 4 is 23.1 Å². The fraction of sp³-hybridized carbons (Fsp3) is 0.222. The molecule has 0 saturated heterocycles. The molecule has 3 aromatic rings. The van der Waals surface area contributed by atoms with Crippen LogP contribution >= 0.6 is 0 Å². The molecule has 6 nitrogen and oxygen atoms in total. The Labute approximate surface area is 193 Å². The highest BCUT2D eigenvalue weighted by molar-refractivity contribution is 6.18. The molecule has 0 aliphatic carbocycles. The highest BCUT2D eigenvalue weighted by Gasteiger charge is 2.25. The van der Waals surface area contributed by atoms with Gasteiger partial charge in [0, 0.05) is 36.6 Å². The molecule has 2 N–H and O–H groups in total. The summed E-state index contributed by atoms with van der Waals surface area (Å²) in [7, 11) is 1.78. The van der Waals surface area contributed by atoms with E-state index < -0.39 is 5.97 Å². The van der Waals surface area contributed by atoms with Gasteiger partial charge in [-0.15, -0.1) is 0 Å². The molecule has 33 heavy (non-hydrogen) atoms. The van der Waals surface area contributed by atoms with Crippen LogP contribution in [0, 0.1) is 0 Å². The third-order valence-electron chi connectivity index (χ3n) is 6.17. The minimum Gasteiger partial charge on any atom is -0.478 e. The Morgan fingerprint density at radius 3 is 2.42 bits per heavy atom. The number of carboxylic acid groups (broad SMARTS) is 1. The van der Waals surface area contributed by atoms with Crippen LogP contribution in [-0.2, 0) is 17.9 Å².